The van der Waals surface area contributed by atoms with Gasteiger partial charge in [-0.15, -0.1) is 0 Å². The Balaban J connectivity index is 1.90. The maximum atomic E-state index is 12.7. The zero-order chi connectivity index (χ0) is 15.7. The molecule has 1 atom stereocenters. The Kier molecular flexibility index (Phi) is 3.98. The summed E-state index contributed by atoms with van der Waals surface area (Å²) in [7, 11) is 0. The summed E-state index contributed by atoms with van der Waals surface area (Å²) in [5.41, 5.74) is 9.66. The van der Waals surface area contributed by atoms with Crippen molar-refractivity contribution >= 4 is 5.91 Å². The SMILES string of the molecule is Cc1ccccc1-n1ncc(C(=O)N2CCC[C@@H](N)C2)c1C. The largest absolute Gasteiger partial charge is 0.337 e. The molecule has 0 spiro atoms. The van der Waals surface area contributed by atoms with Crippen LogP contribution >= 0.6 is 0 Å². The number of carbonyl (C=O) groups excluding carboxylic acids is 1. The van der Waals surface area contributed by atoms with Crippen LogP contribution in [-0.4, -0.2) is 39.7 Å². The first kappa shape index (κ1) is 14.8. The van der Waals surface area contributed by atoms with Gasteiger partial charge in [0.2, 0.25) is 0 Å². The third-order valence-corrected chi connectivity index (χ3v) is 4.33. The van der Waals surface area contributed by atoms with E-state index in [0.717, 1.165) is 36.3 Å². The fraction of sp³-hybridized carbons (Fsp3) is 0.412. The molecule has 0 aliphatic carbocycles. The summed E-state index contributed by atoms with van der Waals surface area (Å²) in [6, 6.07) is 8.12. The first-order chi connectivity index (χ1) is 10.6. The predicted molar refractivity (Wildman–Crippen MR) is 86.2 cm³/mol. The van der Waals surface area contributed by atoms with Crippen molar-refractivity contribution in [2.75, 3.05) is 13.1 Å². The highest BCUT2D eigenvalue weighted by Crippen LogP contribution is 2.20. The van der Waals surface area contributed by atoms with Crippen molar-refractivity contribution in [3.8, 4) is 5.69 Å². The first-order valence-corrected chi connectivity index (χ1v) is 7.73. The molecule has 22 heavy (non-hydrogen) atoms. The van der Waals surface area contributed by atoms with Gasteiger partial charge in [-0.3, -0.25) is 4.79 Å². The topological polar surface area (TPSA) is 64.2 Å². The van der Waals surface area contributed by atoms with E-state index in [1.54, 1.807) is 6.20 Å². The molecular formula is C17H22N4O. The number of aryl methyl sites for hydroxylation is 1. The van der Waals surface area contributed by atoms with E-state index in [1.165, 1.54) is 0 Å². The van der Waals surface area contributed by atoms with Crippen LogP contribution in [0.1, 0.15) is 34.5 Å². The Morgan fingerprint density at radius 3 is 2.82 bits per heavy atom. The highest BCUT2D eigenvalue weighted by atomic mass is 16.2. The van der Waals surface area contributed by atoms with E-state index in [9.17, 15) is 4.79 Å². The van der Waals surface area contributed by atoms with Gasteiger partial charge in [0.1, 0.15) is 0 Å². The summed E-state index contributed by atoms with van der Waals surface area (Å²) in [5, 5.41) is 4.42. The maximum absolute atomic E-state index is 12.7. The molecule has 1 fully saturated rings. The first-order valence-electron chi connectivity index (χ1n) is 7.73. The molecular weight excluding hydrogens is 276 g/mol. The Hall–Kier alpha value is -2.14. The lowest BCUT2D eigenvalue weighted by atomic mass is 10.1. The Bertz CT molecular complexity index is 692. The molecule has 0 radical (unpaired) electrons. The van der Waals surface area contributed by atoms with E-state index in [0.29, 0.717) is 12.1 Å². The van der Waals surface area contributed by atoms with Crippen LogP contribution in [0.5, 0.6) is 0 Å². The quantitative estimate of drug-likeness (QED) is 0.923. The Labute approximate surface area is 130 Å². The monoisotopic (exact) mass is 298 g/mol. The number of amides is 1. The molecule has 3 rings (SSSR count). The highest BCUT2D eigenvalue weighted by molar-refractivity contribution is 5.95. The summed E-state index contributed by atoms with van der Waals surface area (Å²) in [5.74, 6) is 0.0347. The molecule has 0 saturated carbocycles. The van der Waals surface area contributed by atoms with Crippen molar-refractivity contribution in [2.24, 2.45) is 5.73 Å². The molecule has 1 aromatic heterocycles. The van der Waals surface area contributed by atoms with Gasteiger partial charge in [0.15, 0.2) is 0 Å². The van der Waals surface area contributed by atoms with Gasteiger partial charge in [0.05, 0.1) is 23.1 Å². The lowest BCUT2D eigenvalue weighted by Crippen LogP contribution is -2.45. The Morgan fingerprint density at radius 1 is 1.32 bits per heavy atom. The molecule has 1 aliphatic heterocycles. The molecule has 1 amide bonds. The number of hydrogen-bond acceptors (Lipinski definition) is 3. The van der Waals surface area contributed by atoms with E-state index >= 15 is 0 Å². The number of hydrogen-bond donors (Lipinski definition) is 1. The normalized spacial score (nSPS) is 18.5. The standard InChI is InChI=1S/C17H22N4O/c1-12-6-3-4-8-16(12)21-13(2)15(10-19-21)17(22)20-9-5-7-14(18)11-20/h3-4,6,8,10,14H,5,7,9,11,18H2,1-2H3/t14-/m1/s1. The van der Waals surface area contributed by atoms with E-state index in [-0.39, 0.29) is 11.9 Å². The number of para-hydroxylation sites is 1. The summed E-state index contributed by atoms with van der Waals surface area (Å²) >= 11 is 0. The zero-order valence-corrected chi connectivity index (χ0v) is 13.1. The van der Waals surface area contributed by atoms with Gasteiger partial charge in [-0.05, 0) is 38.3 Å². The van der Waals surface area contributed by atoms with Crippen LogP contribution in [0.4, 0.5) is 0 Å². The van der Waals surface area contributed by atoms with Crippen molar-refractivity contribution in [2.45, 2.75) is 32.7 Å². The van der Waals surface area contributed by atoms with Crippen LogP contribution in [0.25, 0.3) is 5.69 Å². The van der Waals surface area contributed by atoms with E-state index in [2.05, 4.69) is 5.10 Å². The number of aromatic nitrogens is 2. The number of carbonyl (C=O) groups is 1. The van der Waals surface area contributed by atoms with Crippen LogP contribution in [0, 0.1) is 13.8 Å². The molecule has 2 heterocycles. The molecule has 116 valence electrons. The van der Waals surface area contributed by atoms with Crippen LogP contribution in [0.15, 0.2) is 30.5 Å². The number of nitrogens with two attached hydrogens (primary N) is 1. The summed E-state index contributed by atoms with van der Waals surface area (Å²) in [6.45, 7) is 5.40. The molecule has 0 unspecified atom stereocenters. The molecule has 1 aromatic carbocycles. The van der Waals surface area contributed by atoms with E-state index in [4.69, 9.17) is 5.73 Å². The minimum Gasteiger partial charge on any atom is -0.337 e. The second-order valence-corrected chi connectivity index (χ2v) is 6.00. The van der Waals surface area contributed by atoms with Crippen molar-refractivity contribution in [1.29, 1.82) is 0 Å². The van der Waals surface area contributed by atoms with E-state index < -0.39 is 0 Å². The van der Waals surface area contributed by atoms with Gasteiger partial charge in [-0.2, -0.15) is 5.10 Å². The molecule has 0 bridgehead atoms. The van der Waals surface area contributed by atoms with Crippen molar-refractivity contribution in [3.05, 3.63) is 47.3 Å². The van der Waals surface area contributed by atoms with Crippen molar-refractivity contribution in [3.63, 3.8) is 0 Å². The smallest absolute Gasteiger partial charge is 0.257 e. The number of likely N-dealkylation sites (tertiary alicyclic amines) is 1. The predicted octanol–water partition coefficient (Wildman–Crippen LogP) is 2.05. The minimum absolute atomic E-state index is 0.0347. The molecule has 2 aromatic rings. The second-order valence-electron chi connectivity index (χ2n) is 6.00. The third-order valence-electron chi connectivity index (χ3n) is 4.33. The summed E-state index contributed by atoms with van der Waals surface area (Å²) in [4.78, 5) is 14.6. The number of rotatable bonds is 2. The molecule has 1 saturated heterocycles. The zero-order valence-electron chi connectivity index (χ0n) is 13.1. The van der Waals surface area contributed by atoms with Gasteiger partial charge in [0, 0.05) is 19.1 Å². The molecule has 5 nitrogen and oxygen atoms in total. The van der Waals surface area contributed by atoms with Crippen molar-refractivity contribution in [1.82, 2.24) is 14.7 Å². The van der Waals surface area contributed by atoms with Gasteiger partial charge >= 0.3 is 0 Å². The van der Waals surface area contributed by atoms with Crippen LogP contribution < -0.4 is 5.73 Å². The fourth-order valence-electron chi connectivity index (χ4n) is 3.03. The molecule has 2 N–H and O–H groups in total. The van der Waals surface area contributed by atoms with Crippen LogP contribution in [-0.2, 0) is 0 Å². The van der Waals surface area contributed by atoms with Crippen molar-refractivity contribution < 1.29 is 4.79 Å². The lowest BCUT2D eigenvalue weighted by Gasteiger charge is -2.30. The molecule has 1 aliphatic rings. The van der Waals surface area contributed by atoms with Gasteiger partial charge in [-0.25, -0.2) is 4.68 Å². The summed E-state index contributed by atoms with van der Waals surface area (Å²) < 4.78 is 1.84. The van der Waals surface area contributed by atoms with Gasteiger partial charge in [0.25, 0.3) is 5.91 Å². The minimum atomic E-state index is 0.0347. The van der Waals surface area contributed by atoms with Gasteiger partial charge < -0.3 is 10.6 Å². The van der Waals surface area contributed by atoms with Gasteiger partial charge in [-0.1, -0.05) is 18.2 Å². The number of piperidine rings is 1. The van der Waals surface area contributed by atoms with Crippen LogP contribution in [0.3, 0.4) is 0 Å². The third kappa shape index (κ3) is 2.64. The average Bonchev–Trinajstić information content (AvgIpc) is 2.88. The molecule has 5 heteroatoms. The number of benzene rings is 1. The fourth-order valence-corrected chi connectivity index (χ4v) is 3.03. The highest BCUT2D eigenvalue weighted by Gasteiger charge is 2.25. The van der Waals surface area contributed by atoms with Crippen LogP contribution in [0.2, 0.25) is 0 Å². The Morgan fingerprint density at radius 2 is 2.09 bits per heavy atom. The maximum Gasteiger partial charge on any atom is 0.257 e. The lowest BCUT2D eigenvalue weighted by molar-refractivity contribution is 0.0708. The average molecular weight is 298 g/mol. The van der Waals surface area contributed by atoms with E-state index in [1.807, 2.05) is 47.7 Å². The summed E-state index contributed by atoms with van der Waals surface area (Å²) in [6.07, 6.45) is 3.63. The number of nitrogens with zero attached hydrogens (tertiary/aromatic N) is 3. The second kappa shape index (κ2) is 5.93.